The Morgan fingerprint density at radius 1 is 1.23 bits per heavy atom. The van der Waals surface area contributed by atoms with Gasteiger partial charge in [0.15, 0.2) is 6.61 Å². The minimum Gasteiger partial charge on any atom is -0.483 e. The maximum Gasteiger partial charge on any atom is 0.260 e. The Hall–Kier alpha value is -1.90. The minimum atomic E-state index is -3.48. The highest BCUT2D eigenvalue weighted by Gasteiger charge is 2.27. The van der Waals surface area contributed by atoms with Crippen molar-refractivity contribution in [2.24, 2.45) is 0 Å². The van der Waals surface area contributed by atoms with Crippen molar-refractivity contribution in [3.05, 3.63) is 46.8 Å². The molecule has 0 aliphatic carbocycles. The van der Waals surface area contributed by atoms with E-state index in [1.54, 1.807) is 22.4 Å². The zero-order valence-electron chi connectivity index (χ0n) is 18.0. The molecule has 3 rings (SSSR count). The molecule has 2 heterocycles. The van der Waals surface area contributed by atoms with Crippen LogP contribution in [-0.4, -0.2) is 45.0 Å². The number of hydrogen-bond donors (Lipinski definition) is 1. The smallest absolute Gasteiger partial charge is 0.260 e. The number of piperidine rings is 1. The SMILES string of the molecule is Cc1ccc(OCC(=O)N2CCC(NS(=O)(=O)c3cccs3)CC2)c(C(C)(C)C)c1. The predicted octanol–water partition coefficient (Wildman–Crippen LogP) is 3.70. The third-order valence-electron chi connectivity index (χ3n) is 5.22. The lowest BCUT2D eigenvalue weighted by molar-refractivity contribution is -0.134. The van der Waals surface area contributed by atoms with Crippen molar-refractivity contribution in [3.8, 4) is 5.75 Å². The molecule has 164 valence electrons. The third kappa shape index (κ3) is 5.62. The van der Waals surface area contributed by atoms with Crippen LogP contribution in [0.1, 0.15) is 44.7 Å². The molecule has 1 amide bonds. The molecule has 0 spiro atoms. The summed E-state index contributed by atoms with van der Waals surface area (Å²) in [5.41, 5.74) is 2.16. The Morgan fingerprint density at radius 3 is 2.53 bits per heavy atom. The minimum absolute atomic E-state index is 0.0161. The summed E-state index contributed by atoms with van der Waals surface area (Å²) in [7, 11) is -3.48. The first-order valence-corrected chi connectivity index (χ1v) is 12.5. The van der Waals surface area contributed by atoms with Gasteiger partial charge in [-0.3, -0.25) is 4.79 Å². The molecular weight excluding hydrogens is 420 g/mol. The average Bonchev–Trinajstić information content (AvgIpc) is 3.22. The lowest BCUT2D eigenvalue weighted by Gasteiger charge is -2.32. The van der Waals surface area contributed by atoms with E-state index in [2.05, 4.69) is 31.6 Å². The third-order valence-corrected chi connectivity index (χ3v) is 8.14. The van der Waals surface area contributed by atoms with E-state index in [-0.39, 0.29) is 24.0 Å². The number of nitrogens with zero attached hydrogens (tertiary/aromatic N) is 1. The number of sulfonamides is 1. The van der Waals surface area contributed by atoms with Crippen LogP contribution in [0.4, 0.5) is 0 Å². The first-order chi connectivity index (χ1) is 14.1. The first kappa shape index (κ1) is 22.8. The van der Waals surface area contributed by atoms with Gasteiger partial charge in [0.1, 0.15) is 9.96 Å². The van der Waals surface area contributed by atoms with Gasteiger partial charge in [0, 0.05) is 19.1 Å². The fourth-order valence-electron chi connectivity index (χ4n) is 3.53. The second-order valence-electron chi connectivity index (χ2n) is 8.75. The van der Waals surface area contributed by atoms with E-state index in [4.69, 9.17) is 4.74 Å². The van der Waals surface area contributed by atoms with Gasteiger partial charge in [-0.15, -0.1) is 11.3 Å². The molecule has 1 aromatic heterocycles. The fourth-order valence-corrected chi connectivity index (χ4v) is 5.84. The number of hydrogen-bond acceptors (Lipinski definition) is 5. The maximum absolute atomic E-state index is 12.6. The molecule has 0 saturated carbocycles. The molecule has 1 N–H and O–H groups in total. The Kier molecular flexibility index (Phi) is 6.89. The molecule has 2 aromatic rings. The van der Waals surface area contributed by atoms with Crippen molar-refractivity contribution < 1.29 is 17.9 Å². The highest BCUT2D eigenvalue weighted by atomic mass is 32.2. The van der Waals surface area contributed by atoms with Crippen molar-refractivity contribution in [2.75, 3.05) is 19.7 Å². The van der Waals surface area contributed by atoms with Crippen LogP contribution < -0.4 is 9.46 Å². The monoisotopic (exact) mass is 450 g/mol. The van der Waals surface area contributed by atoms with Gasteiger partial charge >= 0.3 is 0 Å². The summed E-state index contributed by atoms with van der Waals surface area (Å²) in [4.78, 5) is 14.4. The van der Waals surface area contributed by atoms with E-state index in [0.29, 0.717) is 30.1 Å². The number of rotatable bonds is 6. The molecule has 1 aromatic carbocycles. The van der Waals surface area contributed by atoms with E-state index in [0.717, 1.165) is 16.9 Å². The maximum atomic E-state index is 12.6. The van der Waals surface area contributed by atoms with Crippen LogP contribution in [0.15, 0.2) is 39.9 Å². The van der Waals surface area contributed by atoms with Crippen molar-refractivity contribution in [3.63, 3.8) is 0 Å². The van der Waals surface area contributed by atoms with Gasteiger partial charge in [-0.2, -0.15) is 0 Å². The molecule has 1 saturated heterocycles. The Labute approximate surface area is 183 Å². The molecule has 1 fully saturated rings. The van der Waals surface area contributed by atoms with Crippen molar-refractivity contribution in [2.45, 2.75) is 56.2 Å². The number of carbonyl (C=O) groups is 1. The number of ether oxygens (including phenoxy) is 1. The van der Waals surface area contributed by atoms with Crippen LogP contribution in [0.5, 0.6) is 5.75 Å². The molecule has 0 bridgehead atoms. The largest absolute Gasteiger partial charge is 0.483 e. The summed E-state index contributed by atoms with van der Waals surface area (Å²) in [6.45, 7) is 9.42. The van der Waals surface area contributed by atoms with Crippen LogP contribution in [0.2, 0.25) is 0 Å². The Balaban J connectivity index is 1.53. The van der Waals surface area contributed by atoms with Crippen molar-refractivity contribution in [1.29, 1.82) is 0 Å². The number of nitrogens with one attached hydrogen (secondary N) is 1. The summed E-state index contributed by atoms with van der Waals surface area (Å²) in [5.74, 6) is 0.662. The van der Waals surface area contributed by atoms with E-state index in [1.165, 1.54) is 11.3 Å². The summed E-state index contributed by atoms with van der Waals surface area (Å²) in [6, 6.07) is 9.17. The van der Waals surface area contributed by atoms with Gasteiger partial charge in [0.25, 0.3) is 5.91 Å². The quantitative estimate of drug-likeness (QED) is 0.728. The van der Waals surface area contributed by atoms with Gasteiger partial charge in [-0.1, -0.05) is 44.5 Å². The summed E-state index contributed by atoms with van der Waals surface area (Å²) < 4.78 is 33.7. The van der Waals surface area contributed by atoms with Crippen LogP contribution in [0.3, 0.4) is 0 Å². The Morgan fingerprint density at radius 2 is 1.93 bits per heavy atom. The summed E-state index contributed by atoms with van der Waals surface area (Å²) in [6.07, 6.45) is 1.18. The molecule has 6 nitrogen and oxygen atoms in total. The molecular formula is C22H30N2O4S2. The standard InChI is InChI=1S/C22H30N2O4S2/c1-16-7-8-19(18(14-16)22(2,3)4)28-15-20(25)24-11-9-17(10-12-24)23-30(26,27)21-6-5-13-29-21/h5-8,13-14,17,23H,9-12,15H2,1-4H3. The lowest BCUT2D eigenvalue weighted by atomic mass is 9.85. The molecule has 0 radical (unpaired) electrons. The van der Waals surface area contributed by atoms with Gasteiger partial charge in [0.2, 0.25) is 10.0 Å². The van der Waals surface area contributed by atoms with Gasteiger partial charge in [-0.25, -0.2) is 13.1 Å². The van der Waals surface area contributed by atoms with Crippen LogP contribution >= 0.6 is 11.3 Å². The summed E-state index contributed by atoms with van der Waals surface area (Å²) >= 11 is 1.20. The normalized spacial score (nSPS) is 15.9. The number of carbonyl (C=O) groups excluding carboxylic acids is 1. The second kappa shape index (κ2) is 9.08. The topological polar surface area (TPSA) is 75.7 Å². The molecule has 0 atom stereocenters. The van der Waals surface area contributed by atoms with Crippen LogP contribution in [-0.2, 0) is 20.2 Å². The van der Waals surface area contributed by atoms with Crippen LogP contribution in [0, 0.1) is 6.92 Å². The zero-order valence-corrected chi connectivity index (χ0v) is 19.6. The molecule has 30 heavy (non-hydrogen) atoms. The number of amides is 1. The fraction of sp³-hybridized carbons (Fsp3) is 0.500. The molecule has 1 aliphatic rings. The van der Waals surface area contributed by atoms with Crippen molar-refractivity contribution >= 4 is 27.3 Å². The summed E-state index contributed by atoms with van der Waals surface area (Å²) in [5, 5.41) is 1.74. The van der Waals surface area contributed by atoms with E-state index < -0.39 is 10.0 Å². The van der Waals surface area contributed by atoms with Gasteiger partial charge in [0.05, 0.1) is 0 Å². The average molecular weight is 451 g/mol. The van der Waals surface area contributed by atoms with Gasteiger partial charge < -0.3 is 9.64 Å². The van der Waals surface area contributed by atoms with E-state index >= 15 is 0 Å². The number of thiophene rings is 1. The highest BCUT2D eigenvalue weighted by Crippen LogP contribution is 2.32. The van der Waals surface area contributed by atoms with Crippen LogP contribution in [0.25, 0.3) is 0 Å². The second-order valence-corrected chi connectivity index (χ2v) is 11.6. The number of benzene rings is 1. The first-order valence-electron chi connectivity index (χ1n) is 10.1. The lowest BCUT2D eigenvalue weighted by Crippen LogP contribution is -2.47. The molecule has 1 aliphatic heterocycles. The predicted molar refractivity (Wildman–Crippen MR) is 120 cm³/mol. The number of aryl methyl sites for hydroxylation is 1. The highest BCUT2D eigenvalue weighted by molar-refractivity contribution is 7.91. The number of likely N-dealkylation sites (tertiary alicyclic amines) is 1. The Bertz CT molecular complexity index is 971. The van der Waals surface area contributed by atoms with E-state index in [9.17, 15) is 13.2 Å². The van der Waals surface area contributed by atoms with Gasteiger partial charge in [-0.05, 0) is 48.3 Å². The zero-order chi connectivity index (χ0) is 21.9. The molecule has 8 heteroatoms. The molecule has 0 unspecified atom stereocenters. The van der Waals surface area contributed by atoms with Crippen molar-refractivity contribution in [1.82, 2.24) is 9.62 Å². The van der Waals surface area contributed by atoms with E-state index in [1.807, 2.05) is 19.1 Å².